The van der Waals surface area contributed by atoms with Crippen LogP contribution >= 0.6 is 0 Å². The van der Waals surface area contributed by atoms with Crippen LogP contribution in [0.4, 0.5) is 0 Å². The number of hydrogen-bond acceptors (Lipinski definition) is 0. The first-order valence-corrected chi connectivity index (χ1v) is 12.1. The van der Waals surface area contributed by atoms with Gasteiger partial charge in [-0.15, -0.1) is 0 Å². The van der Waals surface area contributed by atoms with Gasteiger partial charge in [-0.3, -0.25) is 0 Å². The SMILES string of the molecule is C=C(C)C1CC[C@H]2C3CCC4CC(C)([C@H](C)/C=C\C)CCC4[C@H]3CCC12C. The van der Waals surface area contributed by atoms with E-state index in [1.807, 2.05) is 0 Å². The molecule has 0 aromatic heterocycles. The van der Waals surface area contributed by atoms with E-state index in [4.69, 9.17) is 0 Å². The van der Waals surface area contributed by atoms with Crippen molar-refractivity contribution in [1.29, 1.82) is 0 Å². The van der Waals surface area contributed by atoms with Gasteiger partial charge in [0.1, 0.15) is 0 Å². The molecule has 0 heterocycles. The van der Waals surface area contributed by atoms with Crippen molar-refractivity contribution >= 4 is 0 Å². The van der Waals surface area contributed by atoms with Crippen LogP contribution in [0.25, 0.3) is 0 Å². The summed E-state index contributed by atoms with van der Waals surface area (Å²) >= 11 is 0. The number of fused-ring (bicyclic) bond motifs is 5. The lowest BCUT2D eigenvalue weighted by Gasteiger charge is -2.58. The van der Waals surface area contributed by atoms with Crippen molar-refractivity contribution in [2.24, 2.45) is 52.3 Å². The molecule has 0 N–H and O–H groups in total. The lowest BCUT2D eigenvalue weighted by atomic mass is 9.47. The largest absolute Gasteiger partial charge is 0.0998 e. The highest BCUT2D eigenvalue weighted by molar-refractivity contribution is 5.14. The Morgan fingerprint density at radius 1 is 0.963 bits per heavy atom. The minimum atomic E-state index is 0.544. The molecule has 27 heavy (non-hydrogen) atoms. The van der Waals surface area contributed by atoms with E-state index in [1.54, 1.807) is 0 Å². The lowest BCUT2D eigenvalue weighted by Crippen LogP contribution is -2.50. The molecule has 4 aliphatic carbocycles. The van der Waals surface area contributed by atoms with Gasteiger partial charge in [0.05, 0.1) is 0 Å². The summed E-state index contributed by atoms with van der Waals surface area (Å²) in [5, 5.41) is 0. The molecule has 4 rings (SSSR count). The molecule has 0 radical (unpaired) electrons. The van der Waals surface area contributed by atoms with Crippen LogP contribution in [0.15, 0.2) is 24.3 Å². The van der Waals surface area contributed by atoms with Crippen molar-refractivity contribution in [3.8, 4) is 0 Å². The molecule has 0 aromatic carbocycles. The molecule has 0 amide bonds. The first-order chi connectivity index (χ1) is 12.8. The average molecular weight is 369 g/mol. The average Bonchev–Trinajstić information content (AvgIpc) is 2.99. The Kier molecular flexibility index (Phi) is 5.18. The summed E-state index contributed by atoms with van der Waals surface area (Å²) in [5.41, 5.74) is 2.59. The van der Waals surface area contributed by atoms with Gasteiger partial charge in [-0.1, -0.05) is 45.1 Å². The third kappa shape index (κ3) is 3.08. The highest BCUT2D eigenvalue weighted by atomic mass is 14.6. The second-order valence-electron chi connectivity index (χ2n) is 11.7. The highest BCUT2D eigenvalue weighted by Gasteiger charge is 2.57. The van der Waals surface area contributed by atoms with Gasteiger partial charge in [-0.25, -0.2) is 0 Å². The van der Waals surface area contributed by atoms with Gasteiger partial charge < -0.3 is 0 Å². The van der Waals surface area contributed by atoms with Gasteiger partial charge in [-0.05, 0) is 124 Å². The summed E-state index contributed by atoms with van der Waals surface area (Å²) in [5.74, 6) is 6.68. The summed E-state index contributed by atoms with van der Waals surface area (Å²) < 4.78 is 0. The smallest absolute Gasteiger partial charge is 0.0152 e. The zero-order valence-electron chi connectivity index (χ0n) is 18.8. The second kappa shape index (κ2) is 7.07. The number of rotatable bonds is 3. The normalized spacial score (nSPS) is 50.7. The minimum Gasteiger partial charge on any atom is -0.0998 e. The molecular weight excluding hydrogens is 324 g/mol. The van der Waals surface area contributed by atoms with Gasteiger partial charge in [0.2, 0.25) is 0 Å². The first kappa shape index (κ1) is 19.8. The van der Waals surface area contributed by atoms with Crippen LogP contribution in [0.5, 0.6) is 0 Å². The van der Waals surface area contributed by atoms with E-state index in [9.17, 15) is 0 Å². The Balaban J connectivity index is 1.50. The standard InChI is InChI=1S/C27H44/c1-7-8-19(4)26(5)15-13-21-20(17-26)9-10-23-22(21)14-16-27(6)24(18(2)3)11-12-25(23)27/h7-8,19-25H,2,9-17H2,1,3-6H3/b8-7-/t19-,20?,21?,22-,23?,24?,25+,26?,27?/m1/s1. The summed E-state index contributed by atoms with van der Waals surface area (Å²) in [6.07, 6.45) is 18.2. The third-order valence-electron chi connectivity index (χ3n) is 10.5. The van der Waals surface area contributed by atoms with Crippen molar-refractivity contribution in [2.45, 2.75) is 92.4 Å². The maximum Gasteiger partial charge on any atom is -0.0152 e. The molecule has 4 fully saturated rings. The zero-order valence-corrected chi connectivity index (χ0v) is 18.8. The predicted octanol–water partition coefficient (Wildman–Crippen LogP) is 8.05. The maximum atomic E-state index is 4.38. The van der Waals surface area contributed by atoms with Crippen LogP contribution < -0.4 is 0 Å². The molecule has 0 nitrogen and oxygen atoms in total. The fourth-order valence-electron chi connectivity index (χ4n) is 8.88. The van der Waals surface area contributed by atoms with Gasteiger partial charge in [0.25, 0.3) is 0 Å². The van der Waals surface area contributed by atoms with Gasteiger partial charge in [-0.2, -0.15) is 0 Å². The van der Waals surface area contributed by atoms with Crippen LogP contribution in [-0.2, 0) is 0 Å². The molecular formula is C27H44. The predicted molar refractivity (Wildman–Crippen MR) is 117 cm³/mol. The number of hydrogen-bond donors (Lipinski definition) is 0. The molecule has 152 valence electrons. The highest BCUT2D eigenvalue weighted by Crippen LogP contribution is 2.66. The van der Waals surface area contributed by atoms with E-state index in [-0.39, 0.29) is 0 Å². The fourth-order valence-corrected chi connectivity index (χ4v) is 8.88. The minimum absolute atomic E-state index is 0.544. The van der Waals surface area contributed by atoms with Crippen molar-refractivity contribution in [1.82, 2.24) is 0 Å². The molecule has 6 unspecified atom stereocenters. The molecule has 4 aliphatic rings. The summed E-state index contributed by atoms with van der Waals surface area (Å²) in [6.45, 7) is 16.6. The molecule has 0 bridgehead atoms. The first-order valence-electron chi connectivity index (χ1n) is 12.1. The van der Waals surface area contributed by atoms with Gasteiger partial charge in [0, 0.05) is 0 Å². The van der Waals surface area contributed by atoms with Crippen molar-refractivity contribution in [2.75, 3.05) is 0 Å². The molecule has 0 saturated heterocycles. The van der Waals surface area contributed by atoms with E-state index in [0.717, 1.165) is 41.4 Å². The maximum absolute atomic E-state index is 4.38. The summed E-state index contributed by atoms with van der Waals surface area (Å²) in [4.78, 5) is 0. The van der Waals surface area contributed by atoms with E-state index in [0.29, 0.717) is 10.8 Å². The Labute approximate surface area is 169 Å². The van der Waals surface area contributed by atoms with Crippen LogP contribution in [0.1, 0.15) is 92.4 Å². The molecule has 0 aliphatic heterocycles. The third-order valence-corrected chi connectivity index (χ3v) is 10.5. The van der Waals surface area contributed by atoms with E-state index in [1.165, 1.54) is 63.4 Å². The molecule has 0 heteroatoms. The van der Waals surface area contributed by atoms with Crippen LogP contribution in [0, 0.1) is 52.3 Å². The molecule has 0 aromatic rings. The lowest BCUT2D eigenvalue weighted by molar-refractivity contribution is -0.0793. The Bertz CT molecular complexity index is 599. The Morgan fingerprint density at radius 2 is 1.70 bits per heavy atom. The molecule has 0 spiro atoms. The van der Waals surface area contributed by atoms with Crippen LogP contribution in [0.3, 0.4) is 0 Å². The molecule has 9 atom stereocenters. The fraction of sp³-hybridized carbons (Fsp3) is 0.852. The topological polar surface area (TPSA) is 0 Å². The van der Waals surface area contributed by atoms with Gasteiger partial charge in [0.15, 0.2) is 0 Å². The Morgan fingerprint density at radius 3 is 2.41 bits per heavy atom. The van der Waals surface area contributed by atoms with Crippen LogP contribution in [0.2, 0.25) is 0 Å². The second-order valence-corrected chi connectivity index (χ2v) is 11.7. The van der Waals surface area contributed by atoms with Crippen molar-refractivity contribution < 1.29 is 0 Å². The summed E-state index contributed by atoms with van der Waals surface area (Å²) in [7, 11) is 0. The van der Waals surface area contributed by atoms with Crippen molar-refractivity contribution in [3.05, 3.63) is 24.3 Å². The van der Waals surface area contributed by atoms with E-state index < -0.39 is 0 Å². The summed E-state index contributed by atoms with van der Waals surface area (Å²) in [6, 6.07) is 0. The quantitative estimate of drug-likeness (QED) is 0.442. The molecule has 4 saturated carbocycles. The zero-order chi connectivity index (χ0) is 19.4. The van der Waals surface area contributed by atoms with Gasteiger partial charge >= 0.3 is 0 Å². The van der Waals surface area contributed by atoms with Crippen molar-refractivity contribution in [3.63, 3.8) is 0 Å². The monoisotopic (exact) mass is 368 g/mol. The van der Waals surface area contributed by atoms with E-state index in [2.05, 4.69) is 53.3 Å². The van der Waals surface area contributed by atoms with E-state index >= 15 is 0 Å². The Hall–Kier alpha value is -0.520. The number of allylic oxidation sites excluding steroid dienone is 3. The van der Waals surface area contributed by atoms with Crippen LogP contribution in [-0.4, -0.2) is 0 Å².